The standard InChI is InChI=1S/C10H8F2N2O/c11-10(12)14-6-8(5-13-14)7-2-1-3-9(15)4-7/h1-6,10,15H. The van der Waals surface area contributed by atoms with Gasteiger partial charge >= 0.3 is 6.55 Å². The van der Waals surface area contributed by atoms with Gasteiger partial charge in [-0.2, -0.15) is 13.9 Å². The quantitative estimate of drug-likeness (QED) is 0.827. The third-order valence-corrected chi connectivity index (χ3v) is 1.98. The number of hydrogen-bond acceptors (Lipinski definition) is 2. The van der Waals surface area contributed by atoms with Gasteiger partial charge in [0.05, 0.1) is 6.20 Å². The molecule has 1 heterocycles. The summed E-state index contributed by atoms with van der Waals surface area (Å²) >= 11 is 0. The summed E-state index contributed by atoms with van der Waals surface area (Å²) < 4.78 is 25.0. The SMILES string of the molecule is Oc1cccc(-c2cnn(C(F)F)c2)c1. The second-order valence-corrected chi connectivity index (χ2v) is 3.04. The topological polar surface area (TPSA) is 38.1 Å². The van der Waals surface area contributed by atoms with E-state index in [1.807, 2.05) is 0 Å². The summed E-state index contributed by atoms with van der Waals surface area (Å²) in [6, 6.07) is 6.37. The average molecular weight is 210 g/mol. The minimum Gasteiger partial charge on any atom is -0.508 e. The fourth-order valence-electron chi connectivity index (χ4n) is 1.28. The zero-order valence-electron chi connectivity index (χ0n) is 7.64. The summed E-state index contributed by atoms with van der Waals surface area (Å²) in [7, 11) is 0. The van der Waals surface area contributed by atoms with Crippen LogP contribution in [0.2, 0.25) is 0 Å². The molecule has 1 aromatic heterocycles. The Morgan fingerprint density at radius 2 is 2.07 bits per heavy atom. The highest BCUT2D eigenvalue weighted by atomic mass is 19.3. The Balaban J connectivity index is 2.37. The highest BCUT2D eigenvalue weighted by Crippen LogP contribution is 2.23. The van der Waals surface area contributed by atoms with Crippen molar-refractivity contribution in [2.75, 3.05) is 0 Å². The van der Waals surface area contributed by atoms with E-state index in [4.69, 9.17) is 0 Å². The monoisotopic (exact) mass is 210 g/mol. The van der Waals surface area contributed by atoms with E-state index < -0.39 is 6.55 Å². The van der Waals surface area contributed by atoms with Crippen molar-refractivity contribution in [2.45, 2.75) is 6.55 Å². The Labute approximate surface area is 84.6 Å². The molecule has 1 aromatic carbocycles. The van der Waals surface area contributed by atoms with Gasteiger partial charge in [-0.1, -0.05) is 12.1 Å². The zero-order valence-corrected chi connectivity index (χ0v) is 7.64. The van der Waals surface area contributed by atoms with E-state index in [2.05, 4.69) is 5.10 Å². The Kier molecular flexibility index (Phi) is 2.37. The summed E-state index contributed by atoms with van der Waals surface area (Å²) in [5.41, 5.74) is 1.20. The highest BCUT2D eigenvalue weighted by molar-refractivity contribution is 5.63. The smallest absolute Gasteiger partial charge is 0.333 e. The van der Waals surface area contributed by atoms with Crippen molar-refractivity contribution in [1.29, 1.82) is 0 Å². The summed E-state index contributed by atoms with van der Waals surface area (Å²) in [6.07, 6.45) is 2.57. The van der Waals surface area contributed by atoms with E-state index in [1.54, 1.807) is 12.1 Å². The minimum absolute atomic E-state index is 0.0947. The van der Waals surface area contributed by atoms with Crippen molar-refractivity contribution < 1.29 is 13.9 Å². The van der Waals surface area contributed by atoms with E-state index in [0.717, 1.165) is 0 Å². The second kappa shape index (κ2) is 3.68. The van der Waals surface area contributed by atoms with Crippen LogP contribution < -0.4 is 0 Å². The predicted molar refractivity (Wildman–Crippen MR) is 50.6 cm³/mol. The molecule has 0 aliphatic carbocycles. The van der Waals surface area contributed by atoms with Crippen LogP contribution in [0.1, 0.15) is 6.55 Å². The first kappa shape index (κ1) is 9.64. The number of phenols is 1. The maximum atomic E-state index is 12.2. The lowest BCUT2D eigenvalue weighted by molar-refractivity contribution is 0.0566. The lowest BCUT2D eigenvalue weighted by atomic mass is 10.1. The molecule has 2 rings (SSSR count). The first-order chi connectivity index (χ1) is 7.16. The van der Waals surface area contributed by atoms with Gasteiger partial charge in [-0.3, -0.25) is 0 Å². The fourth-order valence-corrected chi connectivity index (χ4v) is 1.28. The van der Waals surface area contributed by atoms with Gasteiger partial charge in [-0.25, -0.2) is 4.68 Å². The fraction of sp³-hybridized carbons (Fsp3) is 0.100. The molecule has 0 spiro atoms. The molecule has 2 aromatic rings. The van der Waals surface area contributed by atoms with Gasteiger partial charge in [0.25, 0.3) is 0 Å². The largest absolute Gasteiger partial charge is 0.508 e. The van der Waals surface area contributed by atoms with Crippen molar-refractivity contribution in [3.8, 4) is 16.9 Å². The number of alkyl halides is 2. The van der Waals surface area contributed by atoms with Crippen LogP contribution in [0, 0.1) is 0 Å². The van der Waals surface area contributed by atoms with Crippen LogP contribution in [-0.4, -0.2) is 14.9 Å². The Hall–Kier alpha value is -1.91. The zero-order chi connectivity index (χ0) is 10.8. The van der Waals surface area contributed by atoms with Crippen LogP contribution in [0.15, 0.2) is 36.7 Å². The van der Waals surface area contributed by atoms with Crippen molar-refractivity contribution in [3.63, 3.8) is 0 Å². The molecule has 0 unspecified atom stereocenters. The number of aromatic nitrogens is 2. The number of nitrogens with zero attached hydrogens (tertiary/aromatic N) is 2. The molecule has 0 bridgehead atoms. The summed E-state index contributed by atoms with van der Waals surface area (Å²) in [5, 5.41) is 12.7. The third-order valence-electron chi connectivity index (χ3n) is 1.98. The Morgan fingerprint density at radius 3 is 2.67 bits per heavy atom. The van der Waals surface area contributed by atoms with E-state index in [9.17, 15) is 13.9 Å². The van der Waals surface area contributed by atoms with E-state index >= 15 is 0 Å². The first-order valence-electron chi connectivity index (χ1n) is 4.28. The average Bonchev–Trinajstić information content (AvgIpc) is 2.66. The summed E-state index contributed by atoms with van der Waals surface area (Å²) in [6.45, 7) is -2.64. The number of aromatic hydroxyl groups is 1. The number of halogens is 2. The number of hydrogen-bond donors (Lipinski definition) is 1. The van der Waals surface area contributed by atoms with Crippen LogP contribution in [0.5, 0.6) is 5.75 Å². The van der Waals surface area contributed by atoms with Crippen LogP contribution in [-0.2, 0) is 0 Å². The molecule has 5 heteroatoms. The summed E-state index contributed by atoms with van der Waals surface area (Å²) in [4.78, 5) is 0. The van der Waals surface area contributed by atoms with Crippen LogP contribution >= 0.6 is 0 Å². The number of benzene rings is 1. The van der Waals surface area contributed by atoms with Crippen molar-refractivity contribution in [1.82, 2.24) is 9.78 Å². The normalized spacial score (nSPS) is 10.9. The molecule has 0 saturated carbocycles. The maximum Gasteiger partial charge on any atom is 0.333 e. The molecule has 0 aliphatic rings. The molecule has 0 fully saturated rings. The lowest BCUT2D eigenvalue weighted by Crippen LogP contribution is -1.96. The maximum absolute atomic E-state index is 12.2. The molecule has 0 radical (unpaired) electrons. The molecular weight excluding hydrogens is 202 g/mol. The molecular formula is C10H8F2N2O. The third kappa shape index (κ3) is 1.96. The van der Waals surface area contributed by atoms with Gasteiger partial charge in [0.2, 0.25) is 0 Å². The second-order valence-electron chi connectivity index (χ2n) is 3.04. The van der Waals surface area contributed by atoms with Crippen LogP contribution in [0.4, 0.5) is 8.78 Å². The molecule has 0 saturated heterocycles. The Bertz CT molecular complexity index is 468. The van der Waals surface area contributed by atoms with Gasteiger partial charge in [0.15, 0.2) is 0 Å². The lowest BCUT2D eigenvalue weighted by Gasteiger charge is -1.98. The van der Waals surface area contributed by atoms with Gasteiger partial charge in [-0.15, -0.1) is 0 Å². The van der Waals surface area contributed by atoms with Crippen LogP contribution in [0.25, 0.3) is 11.1 Å². The molecule has 3 nitrogen and oxygen atoms in total. The van der Waals surface area contributed by atoms with Gasteiger partial charge in [0.1, 0.15) is 5.75 Å². The molecule has 1 N–H and O–H groups in total. The highest BCUT2D eigenvalue weighted by Gasteiger charge is 2.08. The van der Waals surface area contributed by atoms with Gasteiger partial charge in [-0.05, 0) is 17.7 Å². The van der Waals surface area contributed by atoms with E-state index in [1.165, 1.54) is 24.5 Å². The van der Waals surface area contributed by atoms with Crippen molar-refractivity contribution >= 4 is 0 Å². The molecule has 78 valence electrons. The first-order valence-corrected chi connectivity index (χ1v) is 4.28. The van der Waals surface area contributed by atoms with E-state index in [-0.39, 0.29) is 5.75 Å². The summed E-state index contributed by atoms with van der Waals surface area (Å²) in [5.74, 6) is 0.0947. The minimum atomic E-state index is -2.64. The van der Waals surface area contributed by atoms with E-state index in [0.29, 0.717) is 15.8 Å². The van der Waals surface area contributed by atoms with Gasteiger partial charge in [0, 0.05) is 11.8 Å². The molecule has 0 amide bonds. The molecule has 0 aliphatic heterocycles. The van der Waals surface area contributed by atoms with Gasteiger partial charge < -0.3 is 5.11 Å². The Morgan fingerprint density at radius 1 is 1.27 bits per heavy atom. The van der Waals surface area contributed by atoms with Crippen LogP contribution in [0.3, 0.4) is 0 Å². The molecule has 15 heavy (non-hydrogen) atoms. The van der Waals surface area contributed by atoms with Crippen molar-refractivity contribution in [3.05, 3.63) is 36.7 Å². The predicted octanol–water partition coefficient (Wildman–Crippen LogP) is 2.65. The number of rotatable bonds is 2. The molecule has 0 atom stereocenters. The van der Waals surface area contributed by atoms with Crippen molar-refractivity contribution in [2.24, 2.45) is 0 Å². The number of phenolic OH excluding ortho intramolecular Hbond substituents is 1.